The van der Waals surface area contributed by atoms with Crippen LogP contribution in [0.3, 0.4) is 0 Å². The summed E-state index contributed by atoms with van der Waals surface area (Å²) < 4.78 is 5.43. The van der Waals surface area contributed by atoms with Gasteiger partial charge in [0.05, 0.1) is 12.7 Å². The molecule has 78 valence electrons. The Morgan fingerprint density at radius 2 is 2.40 bits per heavy atom. The van der Waals surface area contributed by atoms with Gasteiger partial charge in [0.15, 0.2) is 0 Å². The number of hydrogen-bond donors (Lipinski definition) is 1. The molecule has 2 aromatic rings. The Balaban J connectivity index is 1.93. The lowest BCUT2D eigenvalue weighted by Crippen LogP contribution is -2.01. The molecule has 15 heavy (non-hydrogen) atoms. The molecule has 0 aliphatic rings. The number of nitrogens with one attached hydrogen (secondary N) is 1. The Morgan fingerprint density at radius 3 is 3.07 bits per heavy atom. The molecule has 0 fully saturated rings. The Morgan fingerprint density at radius 1 is 1.47 bits per heavy atom. The van der Waals surface area contributed by atoms with Gasteiger partial charge in [-0.3, -0.25) is 0 Å². The first kappa shape index (κ1) is 9.64. The highest BCUT2D eigenvalue weighted by molar-refractivity contribution is 5.31. The van der Waals surface area contributed by atoms with Crippen molar-refractivity contribution < 1.29 is 4.42 Å². The van der Waals surface area contributed by atoms with Crippen LogP contribution in [0.15, 0.2) is 28.9 Å². The summed E-state index contributed by atoms with van der Waals surface area (Å²) in [5, 5.41) is 10.7. The van der Waals surface area contributed by atoms with E-state index in [2.05, 4.69) is 20.5 Å². The van der Waals surface area contributed by atoms with E-state index in [-0.39, 0.29) is 0 Å². The minimum Gasteiger partial charge on any atom is -0.444 e. The summed E-state index contributed by atoms with van der Waals surface area (Å²) in [5.74, 6) is 2.28. The summed E-state index contributed by atoms with van der Waals surface area (Å²) in [6.07, 6.45) is 4.23. The summed E-state index contributed by atoms with van der Waals surface area (Å²) in [5.41, 5.74) is 0. The van der Waals surface area contributed by atoms with Crippen molar-refractivity contribution in [3.63, 3.8) is 0 Å². The number of aromatic nitrogens is 3. The van der Waals surface area contributed by atoms with E-state index in [0.29, 0.717) is 18.3 Å². The minimum atomic E-state index is 0.526. The highest BCUT2D eigenvalue weighted by Crippen LogP contribution is 2.06. The summed E-state index contributed by atoms with van der Waals surface area (Å²) in [4.78, 5) is 4.12. The van der Waals surface area contributed by atoms with Crippen LogP contribution < -0.4 is 5.32 Å². The molecule has 0 aromatic carbocycles. The Bertz CT molecular complexity index is 412. The van der Waals surface area contributed by atoms with Crippen molar-refractivity contribution in [3.8, 4) is 0 Å². The third kappa shape index (κ3) is 2.52. The van der Waals surface area contributed by atoms with Crippen molar-refractivity contribution >= 4 is 5.82 Å². The van der Waals surface area contributed by atoms with Crippen LogP contribution in [0.1, 0.15) is 18.6 Å². The van der Waals surface area contributed by atoms with E-state index in [4.69, 9.17) is 4.42 Å². The van der Waals surface area contributed by atoms with E-state index in [1.807, 2.05) is 19.1 Å². The summed E-state index contributed by atoms with van der Waals surface area (Å²) in [6, 6.07) is 3.67. The first-order valence-corrected chi connectivity index (χ1v) is 4.83. The second kappa shape index (κ2) is 4.54. The van der Waals surface area contributed by atoms with Crippen LogP contribution in [0.5, 0.6) is 0 Å². The molecule has 0 saturated carbocycles. The average molecular weight is 204 g/mol. The van der Waals surface area contributed by atoms with Crippen molar-refractivity contribution in [1.82, 2.24) is 15.2 Å². The van der Waals surface area contributed by atoms with Crippen LogP contribution in [0.4, 0.5) is 5.82 Å². The van der Waals surface area contributed by atoms with Crippen molar-refractivity contribution in [2.24, 2.45) is 0 Å². The maximum absolute atomic E-state index is 5.43. The monoisotopic (exact) mass is 204 g/mol. The van der Waals surface area contributed by atoms with E-state index in [1.54, 1.807) is 12.4 Å². The second-order valence-corrected chi connectivity index (χ2v) is 3.04. The number of oxazole rings is 1. The molecule has 0 aliphatic heterocycles. The molecule has 2 heterocycles. The zero-order chi connectivity index (χ0) is 10.5. The Kier molecular flexibility index (Phi) is 2.92. The van der Waals surface area contributed by atoms with Crippen LogP contribution in [0, 0.1) is 0 Å². The standard InChI is InChI=1S/C10H12N4O/c1-2-8-6-12-10(15-8)7-11-9-4-3-5-13-14-9/h3-6H,2,7H2,1H3,(H,11,14). The molecule has 0 amide bonds. The van der Waals surface area contributed by atoms with Gasteiger partial charge in [0.2, 0.25) is 5.89 Å². The van der Waals surface area contributed by atoms with Gasteiger partial charge in [0, 0.05) is 12.6 Å². The molecule has 0 bridgehead atoms. The van der Waals surface area contributed by atoms with Crippen LogP contribution in [-0.4, -0.2) is 15.2 Å². The van der Waals surface area contributed by atoms with Gasteiger partial charge in [-0.25, -0.2) is 4.98 Å². The summed E-state index contributed by atoms with van der Waals surface area (Å²) >= 11 is 0. The largest absolute Gasteiger partial charge is 0.444 e. The number of rotatable bonds is 4. The van der Waals surface area contributed by atoms with Crippen molar-refractivity contribution in [2.45, 2.75) is 19.9 Å². The summed E-state index contributed by atoms with van der Waals surface area (Å²) in [6.45, 7) is 2.55. The molecule has 2 rings (SSSR count). The van der Waals surface area contributed by atoms with Gasteiger partial charge in [0.1, 0.15) is 11.6 Å². The topological polar surface area (TPSA) is 63.8 Å². The molecule has 0 atom stereocenters. The third-order valence-electron chi connectivity index (χ3n) is 1.94. The Hall–Kier alpha value is -1.91. The van der Waals surface area contributed by atoms with Crippen LogP contribution >= 0.6 is 0 Å². The van der Waals surface area contributed by atoms with Crippen molar-refractivity contribution in [3.05, 3.63) is 36.2 Å². The number of nitrogens with zero attached hydrogens (tertiary/aromatic N) is 3. The fourth-order valence-corrected chi connectivity index (χ4v) is 1.16. The van der Waals surface area contributed by atoms with Gasteiger partial charge in [-0.05, 0) is 12.1 Å². The normalized spacial score (nSPS) is 10.2. The highest BCUT2D eigenvalue weighted by Gasteiger charge is 2.01. The maximum Gasteiger partial charge on any atom is 0.213 e. The van der Waals surface area contributed by atoms with Crippen molar-refractivity contribution in [1.29, 1.82) is 0 Å². The molecular weight excluding hydrogens is 192 g/mol. The van der Waals surface area contributed by atoms with Gasteiger partial charge in [-0.2, -0.15) is 5.10 Å². The zero-order valence-corrected chi connectivity index (χ0v) is 8.47. The predicted molar refractivity (Wildman–Crippen MR) is 55.2 cm³/mol. The van der Waals surface area contributed by atoms with Crippen LogP contribution in [-0.2, 0) is 13.0 Å². The molecule has 0 unspecified atom stereocenters. The van der Waals surface area contributed by atoms with Crippen LogP contribution in [0.2, 0.25) is 0 Å². The predicted octanol–water partition coefficient (Wildman–Crippen LogP) is 1.64. The first-order valence-electron chi connectivity index (χ1n) is 4.83. The lowest BCUT2D eigenvalue weighted by molar-refractivity contribution is 0.465. The van der Waals surface area contributed by atoms with Gasteiger partial charge in [-0.15, -0.1) is 5.10 Å². The molecule has 0 radical (unpaired) electrons. The minimum absolute atomic E-state index is 0.526. The molecule has 2 aromatic heterocycles. The Labute approximate surface area is 87.6 Å². The number of hydrogen-bond acceptors (Lipinski definition) is 5. The molecular formula is C10H12N4O. The van der Waals surface area contributed by atoms with Gasteiger partial charge >= 0.3 is 0 Å². The van der Waals surface area contributed by atoms with E-state index < -0.39 is 0 Å². The van der Waals surface area contributed by atoms with E-state index in [1.165, 1.54) is 0 Å². The lowest BCUT2D eigenvalue weighted by Gasteiger charge is -1.99. The quantitative estimate of drug-likeness (QED) is 0.820. The molecule has 5 nitrogen and oxygen atoms in total. The lowest BCUT2D eigenvalue weighted by atomic mass is 10.4. The molecule has 0 saturated heterocycles. The first-order chi connectivity index (χ1) is 7.38. The third-order valence-corrected chi connectivity index (χ3v) is 1.94. The van der Waals surface area contributed by atoms with Crippen LogP contribution in [0.25, 0.3) is 0 Å². The van der Waals surface area contributed by atoms with E-state index in [9.17, 15) is 0 Å². The SMILES string of the molecule is CCc1cnc(CNc2cccnn2)o1. The van der Waals surface area contributed by atoms with E-state index >= 15 is 0 Å². The van der Waals surface area contributed by atoms with Crippen molar-refractivity contribution in [2.75, 3.05) is 5.32 Å². The maximum atomic E-state index is 5.43. The summed E-state index contributed by atoms with van der Waals surface area (Å²) in [7, 11) is 0. The fourth-order valence-electron chi connectivity index (χ4n) is 1.16. The smallest absolute Gasteiger partial charge is 0.213 e. The molecule has 1 N–H and O–H groups in total. The molecule has 0 aliphatic carbocycles. The second-order valence-electron chi connectivity index (χ2n) is 3.04. The zero-order valence-electron chi connectivity index (χ0n) is 8.47. The number of anilines is 1. The average Bonchev–Trinajstić information content (AvgIpc) is 2.76. The highest BCUT2D eigenvalue weighted by atomic mass is 16.4. The van der Waals surface area contributed by atoms with Gasteiger partial charge < -0.3 is 9.73 Å². The fraction of sp³-hybridized carbons (Fsp3) is 0.300. The molecule has 0 spiro atoms. The van der Waals surface area contributed by atoms with E-state index in [0.717, 1.165) is 12.2 Å². The van der Waals surface area contributed by atoms with Gasteiger partial charge in [0.25, 0.3) is 0 Å². The molecule has 5 heteroatoms. The number of aryl methyl sites for hydroxylation is 1. The van der Waals surface area contributed by atoms with Gasteiger partial charge in [-0.1, -0.05) is 6.92 Å².